The fraction of sp³-hybridized carbons (Fsp3) is 0.889. The van der Waals surface area contributed by atoms with Crippen molar-refractivity contribution in [1.29, 1.82) is 0 Å². The molecule has 1 amide bonds. The SMILES string of the molecule is CCCOCCOCCOCCOCCC(=O)N(C)CCOC(=O)CC. The molecule has 0 rings (SSSR count). The highest BCUT2D eigenvalue weighted by atomic mass is 16.6. The minimum Gasteiger partial charge on any atom is -0.464 e. The number of carbonyl (C=O) groups excluding carboxylic acids is 2. The molecule has 0 aliphatic carbocycles. The van der Waals surface area contributed by atoms with Crippen LogP contribution in [0.2, 0.25) is 0 Å². The Kier molecular flexibility index (Phi) is 17.7. The second-order valence-corrected chi connectivity index (χ2v) is 5.59. The summed E-state index contributed by atoms with van der Waals surface area (Å²) in [5.41, 5.74) is 0. The van der Waals surface area contributed by atoms with Crippen LogP contribution in [-0.2, 0) is 33.3 Å². The summed E-state index contributed by atoms with van der Waals surface area (Å²) in [5.74, 6) is -0.304. The predicted octanol–water partition coefficient (Wildman–Crippen LogP) is 1.26. The van der Waals surface area contributed by atoms with Gasteiger partial charge in [-0.25, -0.2) is 0 Å². The summed E-state index contributed by atoms with van der Waals surface area (Å²) in [4.78, 5) is 24.4. The third-order valence-electron chi connectivity index (χ3n) is 3.33. The van der Waals surface area contributed by atoms with Crippen molar-refractivity contribution in [2.24, 2.45) is 0 Å². The number of nitrogens with zero attached hydrogens (tertiary/aromatic N) is 1. The first-order valence-electron chi connectivity index (χ1n) is 9.32. The largest absolute Gasteiger partial charge is 0.464 e. The lowest BCUT2D eigenvalue weighted by atomic mass is 10.4. The van der Waals surface area contributed by atoms with E-state index in [9.17, 15) is 9.59 Å². The van der Waals surface area contributed by atoms with Crippen LogP contribution in [0.4, 0.5) is 0 Å². The molecule has 0 saturated carbocycles. The Labute approximate surface area is 157 Å². The van der Waals surface area contributed by atoms with Crippen molar-refractivity contribution >= 4 is 11.9 Å². The van der Waals surface area contributed by atoms with Gasteiger partial charge in [0, 0.05) is 20.1 Å². The maximum Gasteiger partial charge on any atom is 0.305 e. The first kappa shape index (κ1) is 24.8. The number of hydrogen-bond acceptors (Lipinski definition) is 7. The van der Waals surface area contributed by atoms with E-state index in [0.29, 0.717) is 65.6 Å². The molecule has 0 radical (unpaired) electrons. The molecule has 0 aromatic heterocycles. The molecule has 0 bridgehead atoms. The predicted molar refractivity (Wildman–Crippen MR) is 97.1 cm³/mol. The highest BCUT2D eigenvalue weighted by molar-refractivity contribution is 5.76. The van der Waals surface area contributed by atoms with Crippen molar-refractivity contribution < 1.29 is 33.3 Å². The molecule has 0 fully saturated rings. The zero-order valence-electron chi connectivity index (χ0n) is 16.5. The van der Waals surface area contributed by atoms with Crippen molar-refractivity contribution in [3.8, 4) is 0 Å². The smallest absolute Gasteiger partial charge is 0.305 e. The van der Waals surface area contributed by atoms with Crippen LogP contribution in [0.5, 0.6) is 0 Å². The molecular weight excluding hydrogens is 342 g/mol. The number of rotatable bonds is 18. The van der Waals surface area contributed by atoms with Gasteiger partial charge < -0.3 is 28.6 Å². The lowest BCUT2D eigenvalue weighted by Gasteiger charge is -2.17. The molecule has 0 aliphatic rings. The van der Waals surface area contributed by atoms with Crippen molar-refractivity contribution in [1.82, 2.24) is 4.90 Å². The van der Waals surface area contributed by atoms with Crippen LogP contribution in [0.25, 0.3) is 0 Å². The Hall–Kier alpha value is -1.22. The third-order valence-corrected chi connectivity index (χ3v) is 3.33. The van der Waals surface area contributed by atoms with E-state index >= 15 is 0 Å². The van der Waals surface area contributed by atoms with Crippen molar-refractivity contribution in [3.63, 3.8) is 0 Å². The topological polar surface area (TPSA) is 83.5 Å². The van der Waals surface area contributed by atoms with E-state index in [1.807, 2.05) is 0 Å². The average molecular weight is 377 g/mol. The van der Waals surface area contributed by atoms with Gasteiger partial charge in [0.05, 0.1) is 59.2 Å². The zero-order chi connectivity index (χ0) is 19.5. The summed E-state index contributed by atoms with van der Waals surface area (Å²) in [5, 5.41) is 0. The van der Waals surface area contributed by atoms with Crippen LogP contribution in [0.3, 0.4) is 0 Å². The Morgan fingerprint density at radius 1 is 0.731 bits per heavy atom. The third kappa shape index (κ3) is 16.3. The number of carbonyl (C=O) groups is 2. The molecule has 0 aliphatic heterocycles. The first-order chi connectivity index (χ1) is 12.6. The Morgan fingerprint density at radius 3 is 1.73 bits per heavy atom. The standard InChI is InChI=1S/C18H35NO7/c1-4-8-22-11-13-24-15-16-25-14-12-23-9-6-17(20)19(3)7-10-26-18(21)5-2/h4-16H2,1-3H3. The molecular formula is C18H35NO7. The summed E-state index contributed by atoms with van der Waals surface area (Å²) < 4.78 is 26.3. The molecule has 26 heavy (non-hydrogen) atoms. The Balaban J connectivity index is 3.33. The number of ether oxygens (including phenoxy) is 5. The summed E-state index contributed by atoms with van der Waals surface area (Å²) >= 11 is 0. The zero-order valence-corrected chi connectivity index (χ0v) is 16.5. The lowest BCUT2D eigenvalue weighted by Crippen LogP contribution is -2.31. The molecule has 0 aromatic carbocycles. The second-order valence-electron chi connectivity index (χ2n) is 5.59. The fourth-order valence-electron chi connectivity index (χ4n) is 1.78. The van der Waals surface area contributed by atoms with Gasteiger partial charge in [-0.15, -0.1) is 0 Å². The number of likely N-dealkylation sites (N-methyl/N-ethyl adjacent to an activating group) is 1. The van der Waals surface area contributed by atoms with E-state index in [-0.39, 0.29) is 18.5 Å². The molecule has 0 unspecified atom stereocenters. The molecule has 0 atom stereocenters. The molecule has 8 nitrogen and oxygen atoms in total. The van der Waals surface area contributed by atoms with Gasteiger partial charge in [-0.05, 0) is 6.42 Å². The Bertz CT molecular complexity index is 352. The van der Waals surface area contributed by atoms with Gasteiger partial charge in [0.15, 0.2) is 0 Å². The lowest BCUT2D eigenvalue weighted by molar-refractivity contribution is -0.145. The minimum atomic E-state index is -0.260. The molecule has 0 spiro atoms. The summed E-state index contributed by atoms with van der Waals surface area (Å²) in [6, 6.07) is 0. The molecule has 0 saturated heterocycles. The van der Waals surface area contributed by atoms with Crippen LogP contribution in [-0.4, -0.2) is 89.8 Å². The van der Waals surface area contributed by atoms with E-state index in [1.165, 1.54) is 4.90 Å². The van der Waals surface area contributed by atoms with E-state index in [1.54, 1.807) is 14.0 Å². The van der Waals surface area contributed by atoms with Gasteiger partial charge in [-0.3, -0.25) is 9.59 Å². The average Bonchev–Trinajstić information content (AvgIpc) is 2.64. The van der Waals surface area contributed by atoms with E-state index in [4.69, 9.17) is 23.7 Å². The van der Waals surface area contributed by atoms with Gasteiger partial charge >= 0.3 is 5.97 Å². The first-order valence-corrected chi connectivity index (χ1v) is 9.32. The highest BCUT2D eigenvalue weighted by Crippen LogP contribution is 1.94. The second kappa shape index (κ2) is 18.6. The normalized spacial score (nSPS) is 10.7. The van der Waals surface area contributed by atoms with Gasteiger partial charge in [0.25, 0.3) is 0 Å². The monoisotopic (exact) mass is 377 g/mol. The van der Waals surface area contributed by atoms with Gasteiger partial charge in [0.2, 0.25) is 5.91 Å². The van der Waals surface area contributed by atoms with Gasteiger partial charge in [-0.2, -0.15) is 0 Å². The van der Waals surface area contributed by atoms with Crippen LogP contribution in [0.1, 0.15) is 33.1 Å². The van der Waals surface area contributed by atoms with Gasteiger partial charge in [-0.1, -0.05) is 13.8 Å². The van der Waals surface area contributed by atoms with Gasteiger partial charge in [0.1, 0.15) is 6.61 Å². The van der Waals surface area contributed by atoms with Crippen molar-refractivity contribution in [3.05, 3.63) is 0 Å². The number of hydrogen-bond donors (Lipinski definition) is 0. The number of amides is 1. The van der Waals surface area contributed by atoms with E-state index < -0.39 is 0 Å². The van der Waals surface area contributed by atoms with Crippen LogP contribution in [0.15, 0.2) is 0 Å². The number of esters is 1. The molecule has 8 heteroatoms. The minimum absolute atomic E-state index is 0.0443. The maximum absolute atomic E-state index is 11.8. The Morgan fingerprint density at radius 2 is 1.23 bits per heavy atom. The molecule has 0 N–H and O–H groups in total. The van der Waals surface area contributed by atoms with Crippen LogP contribution < -0.4 is 0 Å². The molecule has 154 valence electrons. The van der Waals surface area contributed by atoms with E-state index in [0.717, 1.165) is 13.0 Å². The summed E-state index contributed by atoms with van der Waals surface area (Å²) in [6.07, 6.45) is 1.64. The summed E-state index contributed by atoms with van der Waals surface area (Å²) in [6.45, 7) is 8.64. The van der Waals surface area contributed by atoms with Crippen molar-refractivity contribution in [2.75, 3.05) is 73.1 Å². The summed E-state index contributed by atoms with van der Waals surface area (Å²) in [7, 11) is 1.68. The molecule has 0 heterocycles. The van der Waals surface area contributed by atoms with Crippen LogP contribution in [0, 0.1) is 0 Å². The molecule has 0 aromatic rings. The quantitative estimate of drug-likeness (QED) is 0.263. The van der Waals surface area contributed by atoms with Crippen molar-refractivity contribution in [2.45, 2.75) is 33.1 Å². The van der Waals surface area contributed by atoms with Crippen LogP contribution >= 0.6 is 0 Å². The van der Waals surface area contributed by atoms with E-state index in [2.05, 4.69) is 6.92 Å². The highest BCUT2D eigenvalue weighted by Gasteiger charge is 2.09. The maximum atomic E-state index is 11.8. The fourth-order valence-corrected chi connectivity index (χ4v) is 1.78.